The molecule has 1 saturated carbocycles. The quantitative estimate of drug-likeness (QED) is 0.880. The van der Waals surface area contributed by atoms with Crippen molar-refractivity contribution < 1.29 is 0 Å². The monoisotopic (exact) mass is 246 g/mol. The van der Waals surface area contributed by atoms with Gasteiger partial charge < -0.3 is 10.6 Å². The maximum absolute atomic E-state index is 5.78. The molecule has 3 unspecified atom stereocenters. The fraction of sp³-hybridized carbons (Fsp3) is 0.714. The van der Waals surface area contributed by atoms with Crippen LogP contribution < -0.4 is 10.6 Å². The lowest BCUT2D eigenvalue weighted by molar-refractivity contribution is 0.494. The van der Waals surface area contributed by atoms with E-state index in [0.717, 1.165) is 42.9 Å². The Morgan fingerprint density at radius 2 is 1.89 bits per heavy atom. The molecule has 4 nitrogen and oxygen atoms in total. The van der Waals surface area contributed by atoms with E-state index in [-0.39, 0.29) is 6.04 Å². The summed E-state index contributed by atoms with van der Waals surface area (Å²) >= 11 is 0. The van der Waals surface area contributed by atoms with E-state index in [2.05, 4.69) is 14.9 Å². The molecular weight excluding hydrogens is 224 g/mol. The van der Waals surface area contributed by atoms with Gasteiger partial charge in [-0.1, -0.05) is 6.42 Å². The fourth-order valence-corrected chi connectivity index (χ4v) is 3.39. The first-order chi connectivity index (χ1) is 8.72. The summed E-state index contributed by atoms with van der Waals surface area (Å²) in [6.07, 6.45) is 8.91. The number of fused-ring (bicyclic) bond motifs is 1. The molecule has 1 aliphatic heterocycles. The molecule has 0 spiro atoms. The number of nitrogens with zero attached hydrogens (tertiary/aromatic N) is 3. The van der Waals surface area contributed by atoms with Gasteiger partial charge in [0.25, 0.3) is 0 Å². The third kappa shape index (κ3) is 2.34. The van der Waals surface area contributed by atoms with Gasteiger partial charge in [0.1, 0.15) is 0 Å². The van der Waals surface area contributed by atoms with Crippen LogP contribution in [0.15, 0.2) is 12.4 Å². The summed E-state index contributed by atoms with van der Waals surface area (Å²) in [5.41, 5.74) is 6.91. The molecular formula is C14H22N4. The molecule has 2 aliphatic rings. The van der Waals surface area contributed by atoms with Crippen molar-refractivity contribution in [3.05, 3.63) is 18.0 Å². The minimum Gasteiger partial charge on any atom is -0.340 e. The van der Waals surface area contributed by atoms with Gasteiger partial charge in [-0.25, -0.2) is 9.97 Å². The zero-order valence-corrected chi connectivity index (χ0v) is 11.0. The van der Waals surface area contributed by atoms with Crippen molar-refractivity contribution in [1.29, 1.82) is 0 Å². The molecule has 4 heteroatoms. The predicted molar refractivity (Wildman–Crippen MR) is 72.4 cm³/mol. The van der Waals surface area contributed by atoms with Gasteiger partial charge in [0.15, 0.2) is 0 Å². The molecule has 0 radical (unpaired) electrons. The second-order valence-corrected chi connectivity index (χ2v) is 5.93. The zero-order valence-electron chi connectivity index (χ0n) is 11.0. The van der Waals surface area contributed by atoms with E-state index in [4.69, 9.17) is 5.73 Å². The summed E-state index contributed by atoms with van der Waals surface area (Å²) in [5, 5.41) is 0. The number of anilines is 1. The number of hydrogen-bond donors (Lipinski definition) is 1. The summed E-state index contributed by atoms with van der Waals surface area (Å²) in [6.45, 7) is 4.31. The largest absolute Gasteiger partial charge is 0.340 e. The van der Waals surface area contributed by atoms with Crippen LogP contribution in [0.5, 0.6) is 0 Å². The molecule has 1 saturated heterocycles. The van der Waals surface area contributed by atoms with Crippen LogP contribution in [0, 0.1) is 11.8 Å². The molecule has 3 rings (SSSR count). The Bertz CT molecular complexity index is 389. The number of rotatable bonds is 3. The van der Waals surface area contributed by atoms with Gasteiger partial charge in [-0.2, -0.15) is 0 Å². The molecule has 0 amide bonds. The Balaban J connectivity index is 1.66. The maximum atomic E-state index is 5.78. The van der Waals surface area contributed by atoms with E-state index in [1.54, 1.807) is 0 Å². The average Bonchev–Trinajstić information content (AvgIpc) is 2.89. The normalized spacial score (nSPS) is 28.4. The van der Waals surface area contributed by atoms with E-state index in [0.29, 0.717) is 0 Å². The van der Waals surface area contributed by atoms with Crippen LogP contribution >= 0.6 is 0 Å². The third-order valence-corrected chi connectivity index (χ3v) is 4.26. The number of nitrogens with two attached hydrogens (primary N) is 1. The van der Waals surface area contributed by atoms with Crippen molar-refractivity contribution in [2.45, 2.75) is 38.6 Å². The molecule has 2 N–H and O–H groups in total. The van der Waals surface area contributed by atoms with Crippen LogP contribution in [-0.4, -0.2) is 29.1 Å². The van der Waals surface area contributed by atoms with E-state index in [9.17, 15) is 0 Å². The third-order valence-electron chi connectivity index (χ3n) is 4.26. The van der Waals surface area contributed by atoms with E-state index in [1.165, 1.54) is 19.3 Å². The molecule has 0 bridgehead atoms. The Hall–Kier alpha value is -1.16. The van der Waals surface area contributed by atoms with Gasteiger partial charge in [0, 0.05) is 31.5 Å². The van der Waals surface area contributed by atoms with Crippen molar-refractivity contribution in [2.24, 2.45) is 17.6 Å². The highest BCUT2D eigenvalue weighted by atomic mass is 15.3. The lowest BCUT2D eigenvalue weighted by atomic mass is 10.0. The van der Waals surface area contributed by atoms with Crippen LogP contribution in [-0.2, 0) is 6.42 Å². The Morgan fingerprint density at radius 1 is 1.28 bits per heavy atom. The van der Waals surface area contributed by atoms with E-state index < -0.39 is 0 Å². The maximum Gasteiger partial charge on any atom is 0.225 e. The molecule has 98 valence electrons. The van der Waals surface area contributed by atoms with Crippen molar-refractivity contribution in [3.8, 4) is 0 Å². The van der Waals surface area contributed by atoms with Crippen LogP contribution in [0.3, 0.4) is 0 Å². The summed E-state index contributed by atoms with van der Waals surface area (Å²) in [7, 11) is 0. The summed E-state index contributed by atoms with van der Waals surface area (Å²) in [5.74, 6) is 2.67. The fourth-order valence-electron chi connectivity index (χ4n) is 3.39. The van der Waals surface area contributed by atoms with E-state index >= 15 is 0 Å². The Morgan fingerprint density at radius 3 is 2.44 bits per heavy atom. The summed E-state index contributed by atoms with van der Waals surface area (Å²) in [6, 6.07) is 0.172. The summed E-state index contributed by atoms with van der Waals surface area (Å²) < 4.78 is 0. The van der Waals surface area contributed by atoms with Gasteiger partial charge >= 0.3 is 0 Å². The van der Waals surface area contributed by atoms with Crippen molar-refractivity contribution in [1.82, 2.24) is 9.97 Å². The molecule has 2 fully saturated rings. The van der Waals surface area contributed by atoms with Crippen molar-refractivity contribution in [3.63, 3.8) is 0 Å². The topological polar surface area (TPSA) is 55.0 Å². The lowest BCUT2D eigenvalue weighted by Gasteiger charge is -2.17. The zero-order chi connectivity index (χ0) is 12.5. The molecule has 1 aromatic rings. The molecule has 3 atom stereocenters. The highest BCUT2D eigenvalue weighted by Crippen LogP contribution is 2.38. The highest BCUT2D eigenvalue weighted by Gasteiger charge is 2.36. The SMILES string of the molecule is CC(N)Cc1cnc(N2CC3CCCC3C2)nc1. The number of hydrogen-bond acceptors (Lipinski definition) is 4. The number of aromatic nitrogens is 2. The lowest BCUT2D eigenvalue weighted by Crippen LogP contribution is -2.23. The summed E-state index contributed by atoms with van der Waals surface area (Å²) in [4.78, 5) is 11.4. The van der Waals surface area contributed by atoms with Gasteiger partial charge in [-0.05, 0) is 43.6 Å². The average molecular weight is 246 g/mol. The first-order valence-corrected chi connectivity index (χ1v) is 7.04. The van der Waals surface area contributed by atoms with Crippen molar-refractivity contribution in [2.75, 3.05) is 18.0 Å². The van der Waals surface area contributed by atoms with Crippen LogP contribution in [0.25, 0.3) is 0 Å². The Labute approximate surface area is 109 Å². The smallest absolute Gasteiger partial charge is 0.225 e. The van der Waals surface area contributed by atoms with Crippen LogP contribution in [0.1, 0.15) is 31.7 Å². The van der Waals surface area contributed by atoms with E-state index in [1.807, 2.05) is 19.3 Å². The second-order valence-electron chi connectivity index (χ2n) is 5.93. The highest BCUT2D eigenvalue weighted by molar-refractivity contribution is 5.32. The predicted octanol–water partition coefficient (Wildman–Crippen LogP) is 1.60. The Kier molecular flexibility index (Phi) is 3.20. The molecule has 1 aromatic heterocycles. The van der Waals surface area contributed by atoms with Gasteiger partial charge in [-0.15, -0.1) is 0 Å². The van der Waals surface area contributed by atoms with Crippen LogP contribution in [0.4, 0.5) is 5.95 Å². The minimum atomic E-state index is 0.172. The van der Waals surface area contributed by atoms with Gasteiger partial charge in [0.2, 0.25) is 5.95 Å². The van der Waals surface area contributed by atoms with Gasteiger partial charge in [-0.3, -0.25) is 0 Å². The molecule has 1 aliphatic carbocycles. The van der Waals surface area contributed by atoms with Crippen molar-refractivity contribution >= 4 is 5.95 Å². The van der Waals surface area contributed by atoms with Gasteiger partial charge in [0.05, 0.1) is 0 Å². The standard InChI is InChI=1S/C14H22N4/c1-10(15)5-11-6-16-14(17-7-11)18-8-12-3-2-4-13(12)9-18/h6-7,10,12-13H,2-5,8-9,15H2,1H3. The minimum absolute atomic E-state index is 0.172. The molecule has 0 aromatic carbocycles. The first kappa shape index (κ1) is 11.9. The second kappa shape index (κ2) is 4.84. The molecule has 18 heavy (non-hydrogen) atoms. The van der Waals surface area contributed by atoms with Crippen LogP contribution in [0.2, 0.25) is 0 Å². The molecule has 2 heterocycles. The first-order valence-electron chi connectivity index (χ1n) is 7.04.